The van der Waals surface area contributed by atoms with Crippen molar-refractivity contribution in [2.75, 3.05) is 19.6 Å². The molecule has 0 bridgehead atoms. The van der Waals surface area contributed by atoms with Crippen LogP contribution in [0.25, 0.3) is 21.8 Å². The molecule has 5 heteroatoms. The number of imidazole rings is 1. The first-order valence-electron chi connectivity index (χ1n) is 15.1. The summed E-state index contributed by atoms with van der Waals surface area (Å²) in [6, 6.07) is 31.3. The van der Waals surface area contributed by atoms with E-state index in [1.165, 1.54) is 43.5 Å². The molecule has 0 spiro atoms. The van der Waals surface area contributed by atoms with Crippen LogP contribution < -0.4 is 0 Å². The van der Waals surface area contributed by atoms with E-state index >= 15 is 0 Å². The van der Waals surface area contributed by atoms with Gasteiger partial charge in [-0.3, -0.25) is 9.69 Å². The van der Waals surface area contributed by atoms with Crippen LogP contribution in [-0.2, 0) is 19.6 Å². The van der Waals surface area contributed by atoms with Crippen molar-refractivity contribution in [3.63, 3.8) is 0 Å². The lowest BCUT2D eigenvalue weighted by atomic mass is 10.0. The van der Waals surface area contributed by atoms with Gasteiger partial charge in [0.05, 0.1) is 17.6 Å². The molecule has 1 aliphatic heterocycles. The number of fused-ring (bicyclic) bond motifs is 2. The van der Waals surface area contributed by atoms with Gasteiger partial charge in [-0.2, -0.15) is 0 Å². The molecule has 0 aliphatic carbocycles. The third kappa shape index (κ3) is 6.06. The zero-order valence-electron chi connectivity index (χ0n) is 24.3. The summed E-state index contributed by atoms with van der Waals surface area (Å²) >= 11 is 0. The van der Waals surface area contributed by atoms with Gasteiger partial charge < -0.3 is 9.47 Å². The number of benzene rings is 4. The fourth-order valence-electron chi connectivity index (χ4n) is 6.23. The molecule has 1 aromatic heterocycles. The number of amides is 1. The highest BCUT2D eigenvalue weighted by Crippen LogP contribution is 2.25. The highest BCUT2D eigenvalue weighted by Gasteiger charge is 2.23. The molecular formula is C36H40N4O. The number of piperidine rings is 1. The summed E-state index contributed by atoms with van der Waals surface area (Å²) < 4.78 is 2.33. The molecule has 41 heavy (non-hydrogen) atoms. The van der Waals surface area contributed by atoms with Crippen LogP contribution in [-0.4, -0.2) is 44.9 Å². The monoisotopic (exact) mass is 544 g/mol. The van der Waals surface area contributed by atoms with Crippen LogP contribution in [0.4, 0.5) is 0 Å². The molecule has 1 fully saturated rings. The van der Waals surface area contributed by atoms with Crippen molar-refractivity contribution in [2.24, 2.45) is 5.92 Å². The number of carbonyl (C=O) groups excluding carboxylic acids is 1. The van der Waals surface area contributed by atoms with Crippen LogP contribution in [0, 0.1) is 5.92 Å². The van der Waals surface area contributed by atoms with Gasteiger partial charge in [-0.1, -0.05) is 93.1 Å². The first kappa shape index (κ1) is 27.2. The summed E-state index contributed by atoms with van der Waals surface area (Å²) in [5.41, 5.74) is 5.52. The smallest absolute Gasteiger partial charge is 0.254 e. The summed E-state index contributed by atoms with van der Waals surface area (Å²) in [5.74, 6) is 1.31. The maximum atomic E-state index is 14.1. The van der Waals surface area contributed by atoms with E-state index in [9.17, 15) is 4.79 Å². The van der Waals surface area contributed by atoms with E-state index in [1.807, 2.05) is 41.3 Å². The second-order valence-electron chi connectivity index (χ2n) is 11.8. The van der Waals surface area contributed by atoms with Gasteiger partial charge in [0.25, 0.3) is 5.91 Å². The van der Waals surface area contributed by atoms with E-state index < -0.39 is 0 Å². The van der Waals surface area contributed by atoms with Gasteiger partial charge in [-0.05, 0) is 71.9 Å². The van der Waals surface area contributed by atoms with Crippen LogP contribution in [0.15, 0.2) is 91.0 Å². The molecule has 1 amide bonds. The molecule has 4 aromatic carbocycles. The normalized spacial score (nSPS) is 14.2. The van der Waals surface area contributed by atoms with Crippen molar-refractivity contribution in [1.82, 2.24) is 19.4 Å². The van der Waals surface area contributed by atoms with Crippen molar-refractivity contribution in [1.29, 1.82) is 0 Å². The molecule has 0 radical (unpaired) electrons. The minimum atomic E-state index is 0.0552. The Morgan fingerprint density at radius 1 is 0.805 bits per heavy atom. The number of likely N-dealkylation sites (tertiary alicyclic amines) is 1. The van der Waals surface area contributed by atoms with Gasteiger partial charge >= 0.3 is 0 Å². The van der Waals surface area contributed by atoms with Gasteiger partial charge in [0.2, 0.25) is 0 Å². The van der Waals surface area contributed by atoms with Crippen LogP contribution in [0.3, 0.4) is 0 Å². The summed E-state index contributed by atoms with van der Waals surface area (Å²) in [6.45, 7) is 9.53. The summed E-state index contributed by atoms with van der Waals surface area (Å²) in [5, 5.41) is 2.08. The Kier molecular flexibility index (Phi) is 8.15. The average molecular weight is 545 g/mol. The molecule has 1 aliphatic rings. The molecule has 5 nitrogen and oxygen atoms in total. The second-order valence-corrected chi connectivity index (χ2v) is 11.8. The number of para-hydroxylation sites is 2. The number of rotatable bonds is 9. The number of aromatic nitrogens is 2. The average Bonchev–Trinajstić information content (AvgIpc) is 3.34. The summed E-state index contributed by atoms with van der Waals surface area (Å²) in [4.78, 5) is 23.8. The van der Waals surface area contributed by atoms with E-state index in [0.29, 0.717) is 19.0 Å². The maximum Gasteiger partial charge on any atom is 0.254 e. The number of carbonyl (C=O) groups is 1. The molecule has 0 N–H and O–H groups in total. The highest BCUT2D eigenvalue weighted by molar-refractivity contribution is 6.07. The minimum absolute atomic E-state index is 0.0552. The topological polar surface area (TPSA) is 41.4 Å². The molecule has 0 saturated carbocycles. The zero-order chi connectivity index (χ0) is 28.2. The Hall–Kier alpha value is -3.96. The minimum Gasteiger partial charge on any atom is -0.331 e. The number of hydrogen-bond acceptors (Lipinski definition) is 3. The third-order valence-corrected chi connectivity index (χ3v) is 8.25. The van der Waals surface area contributed by atoms with E-state index in [2.05, 4.69) is 77.9 Å². The van der Waals surface area contributed by atoms with Crippen molar-refractivity contribution in [3.05, 3.63) is 114 Å². The number of hydrogen-bond donors (Lipinski definition) is 0. The lowest BCUT2D eigenvalue weighted by Crippen LogP contribution is -2.35. The molecule has 1 saturated heterocycles. The predicted octanol–water partition coefficient (Wildman–Crippen LogP) is 7.52. The van der Waals surface area contributed by atoms with Crippen LogP contribution in [0.5, 0.6) is 0 Å². The fourth-order valence-corrected chi connectivity index (χ4v) is 6.23. The largest absolute Gasteiger partial charge is 0.331 e. The SMILES string of the molecule is CC(C)CN(Cc1nc2ccccc2n1Cc1ccccc1CN1CCCCC1)C(=O)c1cccc2ccccc12. The third-order valence-electron chi connectivity index (χ3n) is 8.25. The van der Waals surface area contributed by atoms with Gasteiger partial charge in [-0.15, -0.1) is 0 Å². The van der Waals surface area contributed by atoms with Crippen molar-refractivity contribution >= 4 is 27.7 Å². The lowest BCUT2D eigenvalue weighted by Gasteiger charge is -2.28. The van der Waals surface area contributed by atoms with Crippen LogP contribution in [0.2, 0.25) is 0 Å². The second kappa shape index (κ2) is 12.3. The van der Waals surface area contributed by atoms with Gasteiger partial charge in [0, 0.05) is 25.2 Å². The first-order valence-corrected chi connectivity index (χ1v) is 15.1. The van der Waals surface area contributed by atoms with Gasteiger partial charge in [0.15, 0.2) is 0 Å². The van der Waals surface area contributed by atoms with Crippen molar-refractivity contribution in [3.8, 4) is 0 Å². The lowest BCUT2D eigenvalue weighted by molar-refractivity contribution is 0.0718. The Balaban J connectivity index is 1.35. The fraction of sp³-hybridized carbons (Fsp3) is 0.333. The van der Waals surface area contributed by atoms with Gasteiger partial charge in [-0.25, -0.2) is 4.98 Å². The number of nitrogens with zero attached hydrogens (tertiary/aromatic N) is 4. The van der Waals surface area contributed by atoms with E-state index in [0.717, 1.165) is 46.3 Å². The van der Waals surface area contributed by atoms with Crippen LogP contribution >= 0.6 is 0 Å². The first-order chi connectivity index (χ1) is 20.1. The van der Waals surface area contributed by atoms with E-state index in [4.69, 9.17) is 4.98 Å². The summed E-state index contributed by atoms with van der Waals surface area (Å²) in [6.07, 6.45) is 3.91. The van der Waals surface area contributed by atoms with E-state index in [1.54, 1.807) is 0 Å². The Morgan fingerprint density at radius 2 is 1.49 bits per heavy atom. The molecule has 210 valence electrons. The Bertz CT molecular complexity index is 1640. The molecular weight excluding hydrogens is 504 g/mol. The zero-order valence-corrected chi connectivity index (χ0v) is 24.3. The maximum absolute atomic E-state index is 14.1. The molecule has 0 atom stereocenters. The highest BCUT2D eigenvalue weighted by atomic mass is 16.2. The van der Waals surface area contributed by atoms with E-state index in [-0.39, 0.29) is 5.91 Å². The Labute approximate surface area is 243 Å². The molecule has 5 aromatic rings. The predicted molar refractivity (Wildman–Crippen MR) is 168 cm³/mol. The Morgan fingerprint density at radius 3 is 2.29 bits per heavy atom. The van der Waals surface area contributed by atoms with Crippen molar-refractivity contribution in [2.45, 2.75) is 52.7 Å². The quantitative estimate of drug-likeness (QED) is 0.193. The molecule has 6 rings (SSSR count). The standard InChI is InChI=1S/C36H40N4O/c1-27(2)23-39(36(41)32-18-12-16-28-13-6-7-17-31(28)32)26-35-37-33-19-8-9-20-34(33)40(35)25-30-15-5-4-14-29(30)24-38-21-10-3-11-22-38/h4-9,12-20,27H,3,10-11,21-26H2,1-2H3. The molecule has 0 unspecified atom stereocenters. The van der Waals surface area contributed by atoms with Crippen LogP contribution in [0.1, 0.15) is 60.4 Å². The molecule has 2 heterocycles. The summed E-state index contributed by atoms with van der Waals surface area (Å²) in [7, 11) is 0. The van der Waals surface area contributed by atoms with Crippen molar-refractivity contribution < 1.29 is 4.79 Å². The van der Waals surface area contributed by atoms with Gasteiger partial charge in [0.1, 0.15) is 5.82 Å².